The maximum Gasteiger partial charge on any atom is 0.243 e. The van der Waals surface area contributed by atoms with Crippen LogP contribution in [0.4, 0.5) is 0 Å². The Balaban J connectivity index is 1.49. The molecular weight excluding hydrogens is 402 g/mol. The molecule has 0 spiro atoms. The molecule has 0 unspecified atom stereocenters. The molecule has 2 aromatic carbocycles. The van der Waals surface area contributed by atoms with Crippen LogP contribution < -0.4 is 10.1 Å². The molecule has 0 radical (unpaired) electrons. The summed E-state index contributed by atoms with van der Waals surface area (Å²) in [5, 5.41) is 2.95. The zero-order chi connectivity index (χ0) is 21.6. The van der Waals surface area contributed by atoms with Gasteiger partial charge in [-0.2, -0.15) is 4.31 Å². The molecule has 1 aliphatic heterocycles. The number of piperazine rings is 1. The molecule has 0 aliphatic carbocycles. The van der Waals surface area contributed by atoms with Gasteiger partial charge in [0.15, 0.2) is 0 Å². The van der Waals surface area contributed by atoms with Gasteiger partial charge in [-0.25, -0.2) is 8.42 Å². The summed E-state index contributed by atoms with van der Waals surface area (Å²) >= 11 is 0. The highest BCUT2D eigenvalue weighted by Gasteiger charge is 2.29. The second-order valence-electron chi connectivity index (χ2n) is 7.29. The van der Waals surface area contributed by atoms with E-state index < -0.39 is 10.0 Å². The molecule has 162 valence electrons. The lowest BCUT2D eigenvalue weighted by molar-refractivity contribution is -0.122. The minimum absolute atomic E-state index is 0.0546. The summed E-state index contributed by atoms with van der Waals surface area (Å²) in [6.07, 6.45) is 0. The van der Waals surface area contributed by atoms with Gasteiger partial charge in [0.25, 0.3) is 0 Å². The summed E-state index contributed by atoms with van der Waals surface area (Å²) < 4.78 is 32.6. The summed E-state index contributed by atoms with van der Waals surface area (Å²) in [5.74, 6) is 0.596. The largest absolute Gasteiger partial charge is 0.494 e. The van der Waals surface area contributed by atoms with Gasteiger partial charge in [-0.1, -0.05) is 24.3 Å². The van der Waals surface area contributed by atoms with Crippen molar-refractivity contribution in [1.82, 2.24) is 14.5 Å². The van der Waals surface area contributed by atoms with E-state index in [-0.39, 0.29) is 17.3 Å². The fourth-order valence-corrected chi connectivity index (χ4v) is 4.83. The van der Waals surface area contributed by atoms with Crippen LogP contribution in [0.15, 0.2) is 53.4 Å². The highest BCUT2D eigenvalue weighted by Crippen LogP contribution is 2.21. The van der Waals surface area contributed by atoms with Crippen molar-refractivity contribution in [2.75, 3.05) is 39.3 Å². The van der Waals surface area contributed by atoms with Crippen LogP contribution in [0.25, 0.3) is 0 Å². The first kappa shape index (κ1) is 22.3. The average molecular weight is 432 g/mol. The number of ether oxygens (including phenoxy) is 1. The predicted molar refractivity (Wildman–Crippen MR) is 116 cm³/mol. The molecule has 0 saturated carbocycles. The number of amides is 1. The minimum atomic E-state index is -3.55. The third-order valence-corrected chi connectivity index (χ3v) is 7.12. The van der Waals surface area contributed by atoms with Crippen molar-refractivity contribution in [3.8, 4) is 5.75 Å². The number of carbonyl (C=O) groups is 1. The highest BCUT2D eigenvalue weighted by atomic mass is 32.2. The first-order valence-electron chi connectivity index (χ1n) is 10.2. The Hall–Kier alpha value is -2.42. The number of rotatable bonds is 8. The molecule has 8 heteroatoms. The van der Waals surface area contributed by atoms with Crippen LogP contribution in [0.3, 0.4) is 0 Å². The van der Waals surface area contributed by atoms with Gasteiger partial charge in [-0.15, -0.1) is 0 Å². The molecular formula is C22H29N3O4S. The maximum absolute atomic E-state index is 12.9. The van der Waals surface area contributed by atoms with Crippen LogP contribution in [0, 0.1) is 6.92 Å². The lowest BCUT2D eigenvalue weighted by Crippen LogP contribution is -2.50. The molecule has 0 bridgehead atoms. The van der Waals surface area contributed by atoms with Crippen molar-refractivity contribution < 1.29 is 17.9 Å². The fourth-order valence-electron chi connectivity index (χ4n) is 3.41. The van der Waals surface area contributed by atoms with Gasteiger partial charge in [0, 0.05) is 32.7 Å². The van der Waals surface area contributed by atoms with Crippen molar-refractivity contribution in [3.05, 3.63) is 59.7 Å². The fraction of sp³-hybridized carbons (Fsp3) is 0.409. The smallest absolute Gasteiger partial charge is 0.243 e. The molecule has 2 aromatic rings. The van der Waals surface area contributed by atoms with Crippen LogP contribution in [0.2, 0.25) is 0 Å². The Labute approximate surface area is 178 Å². The van der Waals surface area contributed by atoms with Gasteiger partial charge < -0.3 is 10.1 Å². The van der Waals surface area contributed by atoms with Crippen molar-refractivity contribution >= 4 is 15.9 Å². The summed E-state index contributed by atoms with van der Waals surface area (Å²) in [6.45, 7) is 6.97. The molecule has 30 heavy (non-hydrogen) atoms. The lowest BCUT2D eigenvalue weighted by atomic mass is 10.1. The third kappa shape index (κ3) is 5.59. The minimum Gasteiger partial charge on any atom is -0.494 e. The van der Waals surface area contributed by atoms with Crippen LogP contribution in [0.5, 0.6) is 5.75 Å². The van der Waals surface area contributed by atoms with Gasteiger partial charge in [0.2, 0.25) is 15.9 Å². The molecule has 0 atom stereocenters. The first-order valence-corrected chi connectivity index (χ1v) is 11.6. The maximum atomic E-state index is 12.9. The van der Waals surface area contributed by atoms with E-state index in [0.717, 1.165) is 11.1 Å². The van der Waals surface area contributed by atoms with E-state index in [1.807, 2.05) is 43.0 Å². The summed E-state index contributed by atoms with van der Waals surface area (Å²) in [4.78, 5) is 14.5. The van der Waals surface area contributed by atoms with E-state index in [1.165, 1.54) is 4.31 Å². The number of hydrogen-bond donors (Lipinski definition) is 1. The highest BCUT2D eigenvalue weighted by molar-refractivity contribution is 7.89. The summed E-state index contributed by atoms with van der Waals surface area (Å²) in [5.41, 5.74) is 2.24. The summed E-state index contributed by atoms with van der Waals surface area (Å²) in [6, 6.07) is 14.4. The molecule has 1 saturated heterocycles. The van der Waals surface area contributed by atoms with Crippen molar-refractivity contribution in [2.45, 2.75) is 25.3 Å². The normalized spacial score (nSPS) is 15.7. The number of benzene rings is 2. The average Bonchev–Trinajstić information content (AvgIpc) is 2.74. The number of hydrogen-bond acceptors (Lipinski definition) is 5. The number of nitrogens with zero attached hydrogens (tertiary/aromatic N) is 2. The van der Waals surface area contributed by atoms with Crippen LogP contribution in [-0.4, -0.2) is 62.9 Å². The van der Waals surface area contributed by atoms with E-state index in [9.17, 15) is 13.2 Å². The molecule has 1 aliphatic rings. The van der Waals surface area contributed by atoms with E-state index in [4.69, 9.17) is 4.74 Å². The Bertz CT molecular complexity index is 953. The van der Waals surface area contributed by atoms with E-state index >= 15 is 0 Å². The molecule has 1 amide bonds. The van der Waals surface area contributed by atoms with Crippen molar-refractivity contribution in [1.29, 1.82) is 0 Å². The molecule has 1 N–H and O–H groups in total. The summed E-state index contributed by atoms with van der Waals surface area (Å²) in [7, 11) is -3.55. The second-order valence-corrected chi connectivity index (χ2v) is 9.23. The second kappa shape index (κ2) is 10.1. The molecule has 3 rings (SSSR count). The zero-order valence-electron chi connectivity index (χ0n) is 17.5. The van der Waals surface area contributed by atoms with Gasteiger partial charge in [0.1, 0.15) is 5.75 Å². The van der Waals surface area contributed by atoms with E-state index in [0.29, 0.717) is 45.1 Å². The molecule has 1 fully saturated rings. The number of carbonyl (C=O) groups excluding carboxylic acids is 1. The zero-order valence-corrected chi connectivity index (χ0v) is 18.3. The van der Waals surface area contributed by atoms with Crippen molar-refractivity contribution in [2.24, 2.45) is 0 Å². The van der Waals surface area contributed by atoms with Crippen LogP contribution in [0.1, 0.15) is 18.1 Å². The van der Waals surface area contributed by atoms with Crippen molar-refractivity contribution in [3.63, 3.8) is 0 Å². The van der Waals surface area contributed by atoms with Gasteiger partial charge in [0.05, 0.1) is 18.0 Å². The standard InChI is InChI=1S/C22H29N3O4S/c1-3-29-20-8-10-21(11-9-20)30(27,28)25-14-12-24(13-15-25)17-22(26)23-16-19-7-5-4-6-18(19)2/h4-11H,3,12-17H2,1-2H3,(H,23,26). The molecule has 7 nitrogen and oxygen atoms in total. The SMILES string of the molecule is CCOc1ccc(S(=O)(=O)N2CCN(CC(=O)NCc3ccccc3C)CC2)cc1. The number of nitrogens with one attached hydrogen (secondary N) is 1. The predicted octanol–water partition coefficient (Wildman–Crippen LogP) is 2.02. The number of aryl methyl sites for hydroxylation is 1. The topological polar surface area (TPSA) is 79.0 Å². The van der Waals surface area contributed by atoms with Gasteiger partial charge in [-0.05, 0) is 49.2 Å². The van der Waals surface area contributed by atoms with Gasteiger partial charge >= 0.3 is 0 Å². The Morgan fingerprint density at radius 3 is 2.33 bits per heavy atom. The lowest BCUT2D eigenvalue weighted by Gasteiger charge is -2.33. The molecule has 0 aromatic heterocycles. The van der Waals surface area contributed by atoms with E-state index in [1.54, 1.807) is 24.3 Å². The van der Waals surface area contributed by atoms with E-state index in [2.05, 4.69) is 5.32 Å². The monoisotopic (exact) mass is 431 g/mol. The number of sulfonamides is 1. The van der Waals surface area contributed by atoms with Crippen LogP contribution >= 0.6 is 0 Å². The Morgan fingerprint density at radius 1 is 1.03 bits per heavy atom. The quantitative estimate of drug-likeness (QED) is 0.692. The first-order chi connectivity index (χ1) is 14.4. The van der Waals surface area contributed by atoms with Crippen LogP contribution in [-0.2, 0) is 21.4 Å². The van der Waals surface area contributed by atoms with Gasteiger partial charge in [-0.3, -0.25) is 9.69 Å². The Morgan fingerprint density at radius 2 is 1.70 bits per heavy atom. The molecule has 1 heterocycles. The third-order valence-electron chi connectivity index (χ3n) is 5.21. The Kier molecular flexibility index (Phi) is 7.47.